The molecule has 2 aliphatic rings. The van der Waals surface area contributed by atoms with Gasteiger partial charge in [0, 0.05) is 37.9 Å². The molecule has 3 heterocycles. The maximum absolute atomic E-state index is 12.6. The number of hydrogen-bond acceptors (Lipinski definition) is 5. The molecule has 128 valence electrons. The minimum Gasteiger partial charge on any atom is -0.378 e. The number of aryl methyl sites for hydroxylation is 1. The van der Waals surface area contributed by atoms with Gasteiger partial charge in [-0.05, 0) is 32.4 Å². The van der Waals surface area contributed by atoms with Gasteiger partial charge in [-0.15, -0.1) is 0 Å². The van der Waals surface area contributed by atoms with Crippen LogP contribution >= 0.6 is 0 Å². The number of ether oxygens (including phenoxy) is 1. The largest absolute Gasteiger partial charge is 0.378 e. The molecule has 0 spiro atoms. The van der Waals surface area contributed by atoms with E-state index >= 15 is 0 Å². The molecule has 0 unspecified atom stereocenters. The fourth-order valence-corrected chi connectivity index (χ4v) is 3.36. The van der Waals surface area contributed by atoms with E-state index in [1.165, 1.54) is 19.3 Å². The summed E-state index contributed by atoms with van der Waals surface area (Å²) in [6.45, 7) is 9.05. The van der Waals surface area contributed by atoms with Gasteiger partial charge in [-0.2, -0.15) is 0 Å². The van der Waals surface area contributed by atoms with Crippen LogP contribution in [0.3, 0.4) is 0 Å². The molecule has 1 aromatic rings. The smallest absolute Gasteiger partial charge is 0.255 e. The second kappa shape index (κ2) is 7.93. The predicted octanol–water partition coefficient (Wildman–Crippen LogP) is 1.13. The first-order valence-corrected chi connectivity index (χ1v) is 8.93. The molecule has 6 heteroatoms. The first kappa shape index (κ1) is 16.5. The molecule has 0 atom stereocenters. The Kier molecular flexibility index (Phi) is 5.67. The summed E-state index contributed by atoms with van der Waals surface area (Å²) < 4.78 is 7.30. The van der Waals surface area contributed by atoms with E-state index in [1.807, 2.05) is 11.5 Å². The Morgan fingerprint density at radius 1 is 1.09 bits per heavy atom. The molecular formula is C17H28N4O2. The number of nitrogens with zero attached hydrogens (tertiary/aromatic N) is 4. The molecule has 0 bridgehead atoms. The van der Waals surface area contributed by atoms with Crippen molar-refractivity contribution in [3.63, 3.8) is 0 Å². The Hall–Kier alpha value is -1.40. The second-order valence-corrected chi connectivity index (χ2v) is 6.39. The van der Waals surface area contributed by atoms with E-state index in [0.29, 0.717) is 13.2 Å². The van der Waals surface area contributed by atoms with Gasteiger partial charge in [0.05, 0.1) is 13.2 Å². The lowest BCUT2D eigenvalue weighted by atomic mass is 10.1. The fourth-order valence-electron chi connectivity index (χ4n) is 3.36. The Bertz CT molecular complexity index is 560. The maximum Gasteiger partial charge on any atom is 0.255 e. The van der Waals surface area contributed by atoms with Crippen molar-refractivity contribution in [2.75, 3.05) is 50.8 Å². The van der Waals surface area contributed by atoms with E-state index in [0.717, 1.165) is 57.3 Å². The zero-order valence-corrected chi connectivity index (χ0v) is 14.2. The SMILES string of the molecule is CCc1cc(=O)n(CCN2CCCCC2)c(N2CCOCC2)n1. The Balaban J connectivity index is 1.79. The van der Waals surface area contributed by atoms with E-state index in [4.69, 9.17) is 9.72 Å². The van der Waals surface area contributed by atoms with Gasteiger partial charge in [0.25, 0.3) is 5.56 Å². The van der Waals surface area contributed by atoms with E-state index < -0.39 is 0 Å². The number of rotatable bonds is 5. The molecule has 0 amide bonds. The summed E-state index contributed by atoms with van der Waals surface area (Å²) in [6.07, 6.45) is 4.68. The third-order valence-electron chi connectivity index (χ3n) is 4.79. The Morgan fingerprint density at radius 3 is 2.52 bits per heavy atom. The highest BCUT2D eigenvalue weighted by atomic mass is 16.5. The summed E-state index contributed by atoms with van der Waals surface area (Å²) in [5, 5.41) is 0. The quantitative estimate of drug-likeness (QED) is 0.814. The van der Waals surface area contributed by atoms with E-state index in [1.54, 1.807) is 6.07 Å². The van der Waals surface area contributed by atoms with Crippen LogP contribution in [0.15, 0.2) is 10.9 Å². The van der Waals surface area contributed by atoms with Crippen LogP contribution in [0, 0.1) is 0 Å². The van der Waals surface area contributed by atoms with Gasteiger partial charge < -0.3 is 14.5 Å². The normalized spacial score (nSPS) is 20.0. The van der Waals surface area contributed by atoms with Gasteiger partial charge in [-0.25, -0.2) is 4.98 Å². The van der Waals surface area contributed by atoms with Crippen molar-refractivity contribution in [1.29, 1.82) is 0 Å². The monoisotopic (exact) mass is 320 g/mol. The molecule has 6 nitrogen and oxygen atoms in total. The molecule has 0 saturated carbocycles. The molecule has 0 aromatic carbocycles. The average molecular weight is 320 g/mol. The van der Waals surface area contributed by atoms with Crippen LogP contribution in [-0.4, -0.2) is 60.4 Å². The number of aromatic nitrogens is 2. The number of morpholine rings is 1. The van der Waals surface area contributed by atoms with Crippen molar-refractivity contribution in [2.24, 2.45) is 0 Å². The summed E-state index contributed by atoms with van der Waals surface area (Å²) in [4.78, 5) is 22.0. The zero-order chi connectivity index (χ0) is 16.1. The van der Waals surface area contributed by atoms with Crippen LogP contribution in [0.5, 0.6) is 0 Å². The first-order chi connectivity index (χ1) is 11.3. The molecular weight excluding hydrogens is 292 g/mol. The highest BCUT2D eigenvalue weighted by molar-refractivity contribution is 5.33. The van der Waals surface area contributed by atoms with Gasteiger partial charge in [-0.1, -0.05) is 13.3 Å². The molecule has 1 aromatic heterocycles. The van der Waals surface area contributed by atoms with Crippen LogP contribution in [0.25, 0.3) is 0 Å². The van der Waals surface area contributed by atoms with Crippen LogP contribution in [-0.2, 0) is 17.7 Å². The minimum atomic E-state index is 0.0790. The lowest BCUT2D eigenvalue weighted by Crippen LogP contribution is -2.42. The van der Waals surface area contributed by atoms with Crippen LogP contribution in [0.4, 0.5) is 5.95 Å². The molecule has 23 heavy (non-hydrogen) atoms. The highest BCUT2D eigenvalue weighted by Crippen LogP contribution is 2.14. The van der Waals surface area contributed by atoms with E-state index in [2.05, 4.69) is 9.80 Å². The number of piperidine rings is 1. The third-order valence-corrected chi connectivity index (χ3v) is 4.79. The molecule has 2 fully saturated rings. The second-order valence-electron chi connectivity index (χ2n) is 6.39. The summed E-state index contributed by atoms with van der Waals surface area (Å²) in [6, 6.07) is 1.69. The standard InChI is InChI=1S/C17H28N4O2/c1-2-15-14-16(22)21(9-8-19-6-4-3-5-7-19)17(18-15)20-10-12-23-13-11-20/h14H,2-13H2,1H3. The van der Waals surface area contributed by atoms with Gasteiger partial charge in [0.2, 0.25) is 5.95 Å². The van der Waals surface area contributed by atoms with Crippen molar-refractivity contribution >= 4 is 5.95 Å². The Morgan fingerprint density at radius 2 is 1.83 bits per heavy atom. The summed E-state index contributed by atoms with van der Waals surface area (Å²) >= 11 is 0. The van der Waals surface area contributed by atoms with Gasteiger partial charge >= 0.3 is 0 Å². The predicted molar refractivity (Wildman–Crippen MR) is 91.2 cm³/mol. The number of anilines is 1. The first-order valence-electron chi connectivity index (χ1n) is 8.93. The van der Waals surface area contributed by atoms with Crippen molar-refractivity contribution < 1.29 is 4.74 Å². The highest BCUT2D eigenvalue weighted by Gasteiger charge is 2.19. The molecule has 2 saturated heterocycles. The lowest BCUT2D eigenvalue weighted by Gasteiger charge is -2.31. The summed E-state index contributed by atoms with van der Waals surface area (Å²) in [7, 11) is 0. The fraction of sp³-hybridized carbons (Fsp3) is 0.765. The van der Waals surface area contributed by atoms with E-state index in [-0.39, 0.29) is 5.56 Å². The van der Waals surface area contributed by atoms with Gasteiger partial charge in [-0.3, -0.25) is 9.36 Å². The number of likely N-dealkylation sites (tertiary alicyclic amines) is 1. The minimum absolute atomic E-state index is 0.0790. The van der Waals surface area contributed by atoms with Crippen molar-refractivity contribution in [2.45, 2.75) is 39.2 Å². The van der Waals surface area contributed by atoms with E-state index in [9.17, 15) is 4.79 Å². The third kappa shape index (κ3) is 4.12. The van der Waals surface area contributed by atoms with Crippen molar-refractivity contribution in [1.82, 2.24) is 14.5 Å². The maximum atomic E-state index is 12.6. The molecule has 0 radical (unpaired) electrons. The van der Waals surface area contributed by atoms with Crippen LogP contribution in [0.1, 0.15) is 31.9 Å². The summed E-state index contributed by atoms with van der Waals surface area (Å²) in [5.41, 5.74) is 0.959. The van der Waals surface area contributed by atoms with Crippen molar-refractivity contribution in [3.05, 3.63) is 22.1 Å². The topological polar surface area (TPSA) is 50.6 Å². The molecule has 0 N–H and O–H groups in total. The van der Waals surface area contributed by atoms with Crippen LogP contribution < -0.4 is 10.5 Å². The Labute approximate surface area is 138 Å². The number of hydrogen-bond donors (Lipinski definition) is 0. The molecule has 0 aliphatic carbocycles. The molecule has 2 aliphatic heterocycles. The average Bonchev–Trinajstić information content (AvgIpc) is 2.61. The zero-order valence-electron chi connectivity index (χ0n) is 14.2. The van der Waals surface area contributed by atoms with Gasteiger partial charge in [0.15, 0.2) is 0 Å². The molecule has 3 rings (SSSR count). The van der Waals surface area contributed by atoms with Gasteiger partial charge in [0.1, 0.15) is 0 Å². The summed E-state index contributed by atoms with van der Waals surface area (Å²) in [5.74, 6) is 0.828. The van der Waals surface area contributed by atoms with Crippen LogP contribution in [0.2, 0.25) is 0 Å². The van der Waals surface area contributed by atoms with Crippen molar-refractivity contribution in [3.8, 4) is 0 Å². The lowest BCUT2D eigenvalue weighted by molar-refractivity contribution is 0.121.